The summed E-state index contributed by atoms with van der Waals surface area (Å²) in [7, 11) is 3.74. The minimum atomic E-state index is -0.537. The van der Waals surface area contributed by atoms with Crippen molar-refractivity contribution in [3.8, 4) is 0 Å². The number of halogens is 2. The second-order valence-electron chi connectivity index (χ2n) is 5.02. The van der Waals surface area contributed by atoms with Gasteiger partial charge in [-0.05, 0) is 18.2 Å². The zero-order chi connectivity index (χ0) is 15.6. The molecular formula is C16H16Cl2N2O. The van der Waals surface area contributed by atoms with Crippen molar-refractivity contribution in [3.05, 3.63) is 69.5 Å². The molecule has 0 heterocycles. The van der Waals surface area contributed by atoms with Crippen molar-refractivity contribution < 1.29 is 4.79 Å². The molecule has 0 fully saturated rings. The Balaban J connectivity index is 2.47. The number of ketones is 1. The van der Waals surface area contributed by atoms with Gasteiger partial charge in [0.15, 0.2) is 5.78 Å². The Hall–Kier alpha value is -1.71. The van der Waals surface area contributed by atoms with Gasteiger partial charge in [0.2, 0.25) is 0 Å². The van der Waals surface area contributed by atoms with Crippen molar-refractivity contribution in [1.29, 1.82) is 0 Å². The summed E-state index contributed by atoms with van der Waals surface area (Å²) in [5, 5.41) is 0.873. The third kappa shape index (κ3) is 3.49. The standard InChI is InChI=1S/C16H16Cl2N2O/c1-20(2)9-13-12(7-10(17)8-15(13)19)16(21)11-5-3-4-6-14(11)18/h3-9,12H,19H2,1-2H3. The van der Waals surface area contributed by atoms with E-state index in [1.165, 1.54) is 0 Å². The van der Waals surface area contributed by atoms with Gasteiger partial charge in [-0.15, -0.1) is 0 Å². The van der Waals surface area contributed by atoms with Crippen LogP contribution in [0.2, 0.25) is 5.02 Å². The molecule has 0 saturated carbocycles. The highest BCUT2D eigenvalue weighted by molar-refractivity contribution is 6.34. The van der Waals surface area contributed by atoms with Gasteiger partial charge in [-0.3, -0.25) is 4.79 Å². The molecule has 0 amide bonds. The maximum Gasteiger partial charge on any atom is 0.175 e. The van der Waals surface area contributed by atoms with E-state index in [0.29, 0.717) is 26.9 Å². The topological polar surface area (TPSA) is 46.3 Å². The molecule has 1 aromatic carbocycles. The lowest BCUT2D eigenvalue weighted by Gasteiger charge is -2.23. The highest BCUT2D eigenvalue weighted by atomic mass is 35.5. The van der Waals surface area contributed by atoms with E-state index in [1.807, 2.05) is 25.2 Å². The number of Topliss-reactive ketones (excluding diaryl/α,β-unsaturated/α-hetero) is 1. The van der Waals surface area contributed by atoms with Gasteiger partial charge in [0.25, 0.3) is 0 Å². The molecule has 2 rings (SSSR count). The number of rotatable bonds is 3. The van der Waals surface area contributed by atoms with E-state index in [4.69, 9.17) is 28.9 Å². The first-order valence-corrected chi connectivity index (χ1v) is 7.17. The minimum absolute atomic E-state index is 0.122. The number of nitrogens with zero attached hydrogens (tertiary/aromatic N) is 1. The molecule has 0 saturated heterocycles. The van der Waals surface area contributed by atoms with Crippen LogP contribution in [0.5, 0.6) is 0 Å². The number of allylic oxidation sites excluding steroid dienone is 4. The third-order valence-corrected chi connectivity index (χ3v) is 3.67. The summed E-state index contributed by atoms with van der Waals surface area (Å²) >= 11 is 12.2. The van der Waals surface area contributed by atoms with Crippen molar-refractivity contribution in [2.24, 2.45) is 11.7 Å². The molecule has 110 valence electrons. The van der Waals surface area contributed by atoms with Crippen LogP contribution in [0, 0.1) is 5.92 Å². The van der Waals surface area contributed by atoms with E-state index in [1.54, 1.807) is 36.4 Å². The van der Waals surface area contributed by atoms with Gasteiger partial charge in [-0.2, -0.15) is 0 Å². The molecule has 0 aromatic heterocycles. The van der Waals surface area contributed by atoms with Crippen LogP contribution in [0.1, 0.15) is 10.4 Å². The lowest BCUT2D eigenvalue weighted by Crippen LogP contribution is -2.24. The number of carbonyl (C=O) groups is 1. The van der Waals surface area contributed by atoms with E-state index in [9.17, 15) is 4.79 Å². The average molecular weight is 323 g/mol. The molecule has 0 aliphatic heterocycles. The second kappa shape index (κ2) is 6.37. The molecule has 0 radical (unpaired) electrons. The Kier molecular flexibility index (Phi) is 4.76. The summed E-state index contributed by atoms with van der Waals surface area (Å²) in [6.45, 7) is 0. The van der Waals surface area contributed by atoms with Crippen molar-refractivity contribution in [2.75, 3.05) is 14.1 Å². The normalized spacial score (nSPS) is 20.0. The van der Waals surface area contributed by atoms with Gasteiger partial charge in [0.1, 0.15) is 0 Å². The summed E-state index contributed by atoms with van der Waals surface area (Å²) < 4.78 is 0. The van der Waals surface area contributed by atoms with Gasteiger partial charge >= 0.3 is 0 Å². The predicted octanol–water partition coefficient (Wildman–Crippen LogP) is 3.56. The van der Waals surface area contributed by atoms with Crippen LogP contribution in [-0.4, -0.2) is 24.8 Å². The first kappa shape index (κ1) is 15.7. The summed E-state index contributed by atoms with van der Waals surface area (Å²) in [6.07, 6.45) is 5.16. The number of carbonyl (C=O) groups excluding carboxylic acids is 1. The van der Waals surface area contributed by atoms with Gasteiger partial charge in [-0.25, -0.2) is 0 Å². The molecule has 3 nitrogen and oxygen atoms in total. The Morgan fingerprint density at radius 3 is 2.57 bits per heavy atom. The number of nitrogens with two attached hydrogens (primary N) is 1. The Labute approximate surface area is 134 Å². The Morgan fingerprint density at radius 2 is 1.95 bits per heavy atom. The van der Waals surface area contributed by atoms with E-state index in [-0.39, 0.29) is 5.78 Å². The molecule has 0 bridgehead atoms. The highest BCUT2D eigenvalue weighted by Crippen LogP contribution is 2.32. The lowest BCUT2D eigenvalue weighted by molar-refractivity contribution is 0.0960. The van der Waals surface area contributed by atoms with E-state index < -0.39 is 5.92 Å². The summed E-state index contributed by atoms with van der Waals surface area (Å²) in [5.41, 5.74) is 7.68. The zero-order valence-electron chi connectivity index (χ0n) is 11.8. The van der Waals surface area contributed by atoms with Crippen molar-refractivity contribution in [3.63, 3.8) is 0 Å². The van der Waals surface area contributed by atoms with E-state index in [2.05, 4.69) is 0 Å². The van der Waals surface area contributed by atoms with E-state index >= 15 is 0 Å². The zero-order valence-corrected chi connectivity index (χ0v) is 13.3. The van der Waals surface area contributed by atoms with Crippen LogP contribution >= 0.6 is 23.2 Å². The van der Waals surface area contributed by atoms with Crippen molar-refractivity contribution >= 4 is 29.0 Å². The largest absolute Gasteiger partial charge is 0.398 e. The molecule has 1 aliphatic rings. The monoisotopic (exact) mass is 322 g/mol. The summed E-state index contributed by atoms with van der Waals surface area (Å²) in [6, 6.07) is 6.96. The molecular weight excluding hydrogens is 307 g/mol. The van der Waals surface area contributed by atoms with Crippen molar-refractivity contribution in [1.82, 2.24) is 4.90 Å². The van der Waals surface area contributed by atoms with Crippen LogP contribution in [0.4, 0.5) is 0 Å². The summed E-state index contributed by atoms with van der Waals surface area (Å²) in [4.78, 5) is 14.6. The van der Waals surface area contributed by atoms with Gasteiger partial charge < -0.3 is 10.6 Å². The fraction of sp³-hybridized carbons (Fsp3) is 0.188. The van der Waals surface area contributed by atoms with Crippen LogP contribution in [-0.2, 0) is 0 Å². The SMILES string of the molecule is CN(C)C=C1C(N)=CC(Cl)=CC1C(=O)c1ccccc1Cl. The Bertz CT molecular complexity index is 660. The third-order valence-electron chi connectivity index (χ3n) is 3.11. The smallest absolute Gasteiger partial charge is 0.175 e. The molecule has 2 N–H and O–H groups in total. The Morgan fingerprint density at radius 1 is 1.29 bits per heavy atom. The van der Waals surface area contributed by atoms with Crippen LogP contribution < -0.4 is 5.73 Å². The van der Waals surface area contributed by atoms with Crippen LogP contribution in [0.25, 0.3) is 0 Å². The average Bonchev–Trinajstić information content (AvgIpc) is 2.41. The molecule has 0 spiro atoms. The number of benzene rings is 1. The minimum Gasteiger partial charge on any atom is -0.398 e. The molecule has 1 aliphatic carbocycles. The molecule has 21 heavy (non-hydrogen) atoms. The lowest BCUT2D eigenvalue weighted by atomic mass is 9.86. The molecule has 5 heteroatoms. The molecule has 1 aromatic rings. The number of hydrogen-bond acceptors (Lipinski definition) is 3. The van der Waals surface area contributed by atoms with Crippen molar-refractivity contribution in [2.45, 2.75) is 0 Å². The number of hydrogen-bond donors (Lipinski definition) is 1. The van der Waals surface area contributed by atoms with Crippen LogP contribution in [0.15, 0.2) is 58.9 Å². The summed E-state index contributed by atoms with van der Waals surface area (Å²) in [5.74, 6) is -0.660. The van der Waals surface area contributed by atoms with Gasteiger partial charge in [-0.1, -0.05) is 41.4 Å². The quantitative estimate of drug-likeness (QED) is 0.865. The fourth-order valence-corrected chi connectivity index (χ4v) is 2.66. The van der Waals surface area contributed by atoms with Gasteiger partial charge in [0.05, 0.1) is 10.9 Å². The highest BCUT2D eigenvalue weighted by Gasteiger charge is 2.28. The first-order valence-electron chi connectivity index (χ1n) is 6.42. The first-order chi connectivity index (χ1) is 9.90. The predicted molar refractivity (Wildman–Crippen MR) is 87.2 cm³/mol. The van der Waals surface area contributed by atoms with Gasteiger partial charge in [0, 0.05) is 42.2 Å². The maximum atomic E-state index is 12.8. The second-order valence-corrected chi connectivity index (χ2v) is 5.86. The molecule has 1 atom stereocenters. The molecule has 1 unspecified atom stereocenters. The fourth-order valence-electron chi connectivity index (χ4n) is 2.19. The van der Waals surface area contributed by atoms with Crippen LogP contribution in [0.3, 0.4) is 0 Å². The van der Waals surface area contributed by atoms with E-state index in [0.717, 1.165) is 0 Å². The maximum absolute atomic E-state index is 12.8.